The summed E-state index contributed by atoms with van der Waals surface area (Å²) >= 11 is 0. The number of nitrogens with two attached hydrogens (primary N) is 1. The zero-order valence-electron chi connectivity index (χ0n) is 14.5. The highest BCUT2D eigenvalue weighted by atomic mass is 14.5. The Morgan fingerprint density at radius 3 is 2.10 bits per heavy atom. The van der Waals surface area contributed by atoms with Gasteiger partial charge in [-0.3, -0.25) is 0 Å². The van der Waals surface area contributed by atoms with Crippen molar-refractivity contribution in [1.82, 2.24) is 0 Å². The summed E-state index contributed by atoms with van der Waals surface area (Å²) in [6, 6.07) is 6.83. The number of hydrogen-bond donors (Lipinski definition) is 1. The quantitative estimate of drug-likeness (QED) is 0.801. The molecular weight excluding hydrogens is 242 g/mol. The van der Waals surface area contributed by atoms with Crippen LogP contribution in [0.4, 0.5) is 0 Å². The van der Waals surface area contributed by atoms with E-state index in [-0.39, 0.29) is 10.8 Å². The van der Waals surface area contributed by atoms with Gasteiger partial charge in [-0.2, -0.15) is 0 Å². The third kappa shape index (κ3) is 4.34. The van der Waals surface area contributed by atoms with Crippen LogP contribution in [-0.2, 0) is 11.8 Å². The molecule has 0 aromatic heterocycles. The molecule has 0 spiro atoms. The standard InChI is InChI=1S/C19H33N/c1-14(2)17-15(13-19(6,7)11-12-20)9-8-10-16(17)18(3,4)5/h8-10,14H,11-13,20H2,1-7H3. The topological polar surface area (TPSA) is 26.0 Å². The van der Waals surface area contributed by atoms with Crippen LogP contribution in [-0.4, -0.2) is 6.54 Å². The van der Waals surface area contributed by atoms with Crippen LogP contribution in [0.15, 0.2) is 18.2 Å². The lowest BCUT2D eigenvalue weighted by Crippen LogP contribution is -2.22. The van der Waals surface area contributed by atoms with Crippen LogP contribution < -0.4 is 5.73 Å². The molecule has 0 aliphatic carbocycles. The molecule has 0 saturated carbocycles. The van der Waals surface area contributed by atoms with Crippen molar-refractivity contribution in [2.24, 2.45) is 11.1 Å². The normalized spacial score (nSPS) is 13.1. The van der Waals surface area contributed by atoms with E-state index in [0.29, 0.717) is 5.92 Å². The minimum absolute atomic E-state index is 0.202. The Kier molecular flexibility index (Phi) is 5.43. The highest BCUT2D eigenvalue weighted by molar-refractivity contribution is 5.41. The van der Waals surface area contributed by atoms with E-state index in [2.05, 4.69) is 66.7 Å². The minimum Gasteiger partial charge on any atom is -0.330 e. The van der Waals surface area contributed by atoms with Crippen molar-refractivity contribution in [1.29, 1.82) is 0 Å². The second kappa shape index (κ2) is 6.30. The molecule has 0 amide bonds. The van der Waals surface area contributed by atoms with Crippen LogP contribution in [0.3, 0.4) is 0 Å². The molecule has 114 valence electrons. The molecule has 0 radical (unpaired) electrons. The van der Waals surface area contributed by atoms with Gasteiger partial charge >= 0.3 is 0 Å². The van der Waals surface area contributed by atoms with Crippen molar-refractivity contribution < 1.29 is 0 Å². The monoisotopic (exact) mass is 275 g/mol. The Balaban J connectivity index is 3.27. The molecule has 0 bridgehead atoms. The fraction of sp³-hybridized carbons (Fsp3) is 0.684. The Bertz CT molecular complexity index is 436. The smallest absolute Gasteiger partial charge is 0.00721 e. The number of benzene rings is 1. The van der Waals surface area contributed by atoms with Crippen LogP contribution in [0, 0.1) is 5.41 Å². The Hall–Kier alpha value is -0.820. The van der Waals surface area contributed by atoms with Gasteiger partial charge < -0.3 is 5.73 Å². The lowest BCUT2D eigenvalue weighted by Gasteiger charge is -2.31. The van der Waals surface area contributed by atoms with E-state index in [1.54, 1.807) is 5.56 Å². The summed E-state index contributed by atoms with van der Waals surface area (Å²) in [4.78, 5) is 0. The summed E-state index contributed by atoms with van der Waals surface area (Å²) in [5.74, 6) is 0.564. The molecular formula is C19H33N. The molecule has 20 heavy (non-hydrogen) atoms. The largest absolute Gasteiger partial charge is 0.330 e. The van der Waals surface area contributed by atoms with Gasteiger partial charge in [-0.1, -0.05) is 66.7 Å². The summed E-state index contributed by atoms with van der Waals surface area (Å²) in [6.45, 7) is 17.0. The molecule has 1 aromatic carbocycles. The van der Waals surface area contributed by atoms with Crippen LogP contribution in [0.25, 0.3) is 0 Å². The first-order chi connectivity index (χ1) is 9.08. The van der Waals surface area contributed by atoms with Gasteiger partial charge in [-0.25, -0.2) is 0 Å². The Labute approximate surface area is 126 Å². The van der Waals surface area contributed by atoms with Crippen LogP contribution in [0.1, 0.15) is 77.5 Å². The fourth-order valence-electron chi connectivity index (χ4n) is 3.10. The van der Waals surface area contributed by atoms with Crippen molar-refractivity contribution in [2.45, 2.75) is 72.6 Å². The van der Waals surface area contributed by atoms with Crippen molar-refractivity contribution in [2.75, 3.05) is 6.54 Å². The minimum atomic E-state index is 0.202. The average molecular weight is 275 g/mol. The van der Waals surface area contributed by atoms with E-state index in [1.165, 1.54) is 11.1 Å². The predicted octanol–water partition coefficient (Wildman–Crippen LogP) is 5.03. The van der Waals surface area contributed by atoms with Crippen LogP contribution in [0.2, 0.25) is 0 Å². The summed E-state index contributed by atoms with van der Waals surface area (Å²) < 4.78 is 0. The molecule has 1 aromatic rings. The van der Waals surface area contributed by atoms with E-state index in [1.807, 2.05) is 0 Å². The van der Waals surface area contributed by atoms with Gasteiger partial charge in [-0.05, 0) is 52.8 Å². The first-order valence-corrected chi connectivity index (χ1v) is 7.91. The van der Waals surface area contributed by atoms with E-state index < -0.39 is 0 Å². The molecule has 1 rings (SSSR count). The summed E-state index contributed by atoms with van der Waals surface area (Å²) in [6.07, 6.45) is 2.19. The molecule has 0 fully saturated rings. The van der Waals surface area contributed by atoms with Crippen molar-refractivity contribution >= 4 is 0 Å². The maximum atomic E-state index is 5.77. The highest BCUT2D eigenvalue weighted by Gasteiger charge is 2.25. The molecule has 0 aliphatic heterocycles. The molecule has 2 N–H and O–H groups in total. The molecule has 0 heterocycles. The second-order valence-electron chi connectivity index (χ2n) is 8.16. The zero-order chi connectivity index (χ0) is 15.6. The fourth-order valence-corrected chi connectivity index (χ4v) is 3.10. The second-order valence-corrected chi connectivity index (χ2v) is 8.16. The van der Waals surface area contributed by atoms with Crippen LogP contribution in [0.5, 0.6) is 0 Å². The molecule has 0 aliphatic rings. The van der Waals surface area contributed by atoms with Gasteiger partial charge in [-0.15, -0.1) is 0 Å². The van der Waals surface area contributed by atoms with Crippen molar-refractivity contribution in [3.63, 3.8) is 0 Å². The van der Waals surface area contributed by atoms with E-state index in [4.69, 9.17) is 5.73 Å². The third-order valence-electron chi connectivity index (χ3n) is 4.07. The van der Waals surface area contributed by atoms with Crippen molar-refractivity contribution in [3.8, 4) is 0 Å². The van der Waals surface area contributed by atoms with E-state index in [0.717, 1.165) is 19.4 Å². The van der Waals surface area contributed by atoms with Gasteiger partial charge in [0.1, 0.15) is 0 Å². The highest BCUT2D eigenvalue weighted by Crippen LogP contribution is 2.36. The van der Waals surface area contributed by atoms with E-state index in [9.17, 15) is 0 Å². The number of rotatable bonds is 5. The molecule has 0 unspecified atom stereocenters. The first-order valence-electron chi connectivity index (χ1n) is 7.91. The molecule has 0 atom stereocenters. The van der Waals surface area contributed by atoms with Crippen molar-refractivity contribution in [3.05, 3.63) is 34.9 Å². The van der Waals surface area contributed by atoms with E-state index >= 15 is 0 Å². The zero-order valence-corrected chi connectivity index (χ0v) is 14.5. The Morgan fingerprint density at radius 2 is 1.65 bits per heavy atom. The molecule has 1 nitrogen and oxygen atoms in total. The SMILES string of the molecule is CC(C)c1c(CC(C)(C)CCN)cccc1C(C)(C)C. The van der Waals surface area contributed by atoms with Gasteiger partial charge in [0.05, 0.1) is 0 Å². The van der Waals surface area contributed by atoms with Gasteiger partial charge in [0.2, 0.25) is 0 Å². The molecule has 0 saturated heterocycles. The lowest BCUT2D eigenvalue weighted by atomic mass is 9.74. The first kappa shape index (κ1) is 17.2. The van der Waals surface area contributed by atoms with Gasteiger partial charge in [0.25, 0.3) is 0 Å². The summed E-state index contributed by atoms with van der Waals surface area (Å²) in [7, 11) is 0. The number of hydrogen-bond acceptors (Lipinski definition) is 1. The maximum Gasteiger partial charge on any atom is -0.00721 e. The van der Waals surface area contributed by atoms with Gasteiger partial charge in [0.15, 0.2) is 0 Å². The lowest BCUT2D eigenvalue weighted by molar-refractivity contribution is 0.337. The van der Waals surface area contributed by atoms with Gasteiger partial charge in [0, 0.05) is 0 Å². The summed E-state index contributed by atoms with van der Waals surface area (Å²) in [5, 5.41) is 0. The summed E-state index contributed by atoms with van der Waals surface area (Å²) in [5.41, 5.74) is 10.8. The Morgan fingerprint density at radius 1 is 1.05 bits per heavy atom. The van der Waals surface area contributed by atoms with Crippen LogP contribution >= 0.6 is 0 Å². The molecule has 1 heteroatoms. The maximum absolute atomic E-state index is 5.77. The third-order valence-corrected chi connectivity index (χ3v) is 4.07. The average Bonchev–Trinajstić information content (AvgIpc) is 2.26. The predicted molar refractivity (Wildman–Crippen MR) is 90.4 cm³/mol.